The zero-order chi connectivity index (χ0) is 16.7. The Hall–Kier alpha value is -2.92. The standard InChI is InChI=1S/C15H14N4O3S/c1-21-13-8-10(18-15(23-2)17-9-16)5-6-11(13)19-14(20)12-4-3-7-22-12/h3-8H,1-2H3,(H,17,18)(H,19,20). The number of hydrogen-bond donors (Lipinski definition) is 2. The number of thioether (sulfide) groups is 1. The van der Waals surface area contributed by atoms with E-state index in [-0.39, 0.29) is 11.7 Å². The summed E-state index contributed by atoms with van der Waals surface area (Å²) < 4.78 is 10.3. The minimum absolute atomic E-state index is 0.206. The van der Waals surface area contributed by atoms with Gasteiger partial charge in [-0.25, -0.2) is 4.99 Å². The third-order valence-electron chi connectivity index (χ3n) is 2.77. The molecule has 1 aromatic heterocycles. The molecule has 0 radical (unpaired) electrons. The number of nitrogens with one attached hydrogen (secondary N) is 2. The molecular weight excluding hydrogens is 316 g/mol. The molecule has 2 rings (SSSR count). The number of aliphatic imine (C=N–C) groups is 1. The predicted octanol–water partition coefficient (Wildman–Crippen LogP) is 2.96. The summed E-state index contributed by atoms with van der Waals surface area (Å²) in [6.45, 7) is 0. The van der Waals surface area contributed by atoms with Gasteiger partial charge in [0.05, 0.1) is 24.7 Å². The van der Waals surface area contributed by atoms with Crippen LogP contribution < -0.4 is 15.4 Å². The van der Waals surface area contributed by atoms with E-state index < -0.39 is 0 Å². The normalized spacial score (nSPS) is 10.7. The van der Waals surface area contributed by atoms with Gasteiger partial charge < -0.3 is 14.5 Å². The van der Waals surface area contributed by atoms with Crippen molar-refractivity contribution in [3.63, 3.8) is 0 Å². The van der Waals surface area contributed by atoms with Crippen LogP contribution in [0.2, 0.25) is 0 Å². The number of rotatable bonds is 4. The Kier molecular flexibility index (Phi) is 5.66. The Morgan fingerprint density at radius 3 is 2.87 bits per heavy atom. The lowest BCUT2D eigenvalue weighted by Crippen LogP contribution is -2.12. The Labute approximate surface area is 137 Å². The number of nitriles is 1. The highest BCUT2D eigenvalue weighted by molar-refractivity contribution is 8.13. The van der Waals surface area contributed by atoms with Crippen molar-refractivity contribution in [1.29, 1.82) is 5.26 Å². The van der Waals surface area contributed by atoms with Gasteiger partial charge in [0.1, 0.15) is 5.75 Å². The third-order valence-corrected chi connectivity index (χ3v) is 3.35. The van der Waals surface area contributed by atoms with Crippen LogP contribution >= 0.6 is 11.8 Å². The van der Waals surface area contributed by atoms with Crippen molar-refractivity contribution in [3.8, 4) is 11.9 Å². The molecule has 1 amide bonds. The molecule has 1 aromatic carbocycles. The number of benzene rings is 1. The molecule has 0 saturated carbocycles. The van der Waals surface area contributed by atoms with Gasteiger partial charge in [-0.2, -0.15) is 5.26 Å². The van der Waals surface area contributed by atoms with Crippen molar-refractivity contribution < 1.29 is 13.9 Å². The van der Waals surface area contributed by atoms with E-state index in [0.717, 1.165) is 0 Å². The van der Waals surface area contributed by atoms with E-state index in [1.165, 1.54) is 25.1 Å². The summed E-state index contributed by atoms with van der Waals surface area (Å²) in [6, 6.07) is 8.24. The van der Waals surface area contributed by atoms with Gasteiger partial charge in [0.15, 0.2) is 17.1 Å². The lowest BCUT2D eigenvalue weighted by molar-refractivity contribution is 0.0996. The van der Waals surface area contributed by atoms with Crippen molar-refractivity contribution in [1.82, 2.24) is 5.32 Å². The molecule has 2 aromatic rings. The number of methoxy groups -OCH3 is 1. The number of amides is 1. The highest BCUT2D eigenvalue weighted by atomic mass is 32.2. The molecule has 0 spiro atoms. The molecule has 8 heteroatoms. The van der Waals surface area contributed by atoms with E-state index in [1.807, 2.05) is 6.19 Å². The topological polar surface area (TPSA) is 99.6 Å². The number of furan rings is 1. The van der Waals surface area contributed by atoms with Crippen LogP contribution in [-0.4, -0.2) is 24.4 Å². The van der Waals surface area contributed by atoms with Gasteiger partial charge in [0, 0.05) is 6.07 Å². The van der Waals surface area contributed by atoms with Crippen molar-refractivity contribution >= 4 is 34.2 Å². The van der Waals surface area contributed by atoms with Gasteiger partial charge in [-0.15, -0.1) is 0 Å². The van der Waals surface area contributed by atoms with Crippen LogP contribution in [0, 0.1) is 11.5 Å². The van der Waals surface area contributed by atoms with E-state index in [0.29, 0.717) is 22.3 Å². The monoisotopic (exact) mass is 330 g/mol. The molecule has 118 valence electrons. The number of carbonyl (C=O) groups excluding carboxylic acids is 1. The van der Waals surface area contributed by atoms with Crippen LogP contribution in [0.5, 0.6) is 5.75 Å². The van der Waals surface area contributed by atoms with Gasteiger partial charge in [0.25, 0.3) is 5.91 Å². The Bertz CT molecular complexity index is 751. The first kappa shape index (κ1) is 16.5. The maximum absolute atomic E-state index is 12.0. The van der Waals surface area contributed by atoms with E-state index in [1.54, 1.807) is 36.6 Å². The first-order valence-electron chi connectivity index (χ1n) is 6.48. The summed E-state index contributed by atoms with van der Waals surface area (Å²) in [6.07, 6.45) is 5.05. The van der Waals surface area contributed by atoms with E-state index in [4.69, 9.17) is 14.4 Å². The summed E-state index contributed by atoms with van der Waals surface area (Å²) in [5.41, 5.74) is 1.08. The van der Waals surface area contributed by atoms with Crippen LogP contribution in [-0.2, 0) is 0 Å². The molecule has 0 fully saturated rings. The van der Waals surface area contributed by atoms with E-state index in [9.17, 15) is 4.79 Å². The molecule has 0 bridgehead atoms. The SMILES string of the molecule is COc1cc(N=C(NC#N)SC)ccc1NC(=O)c1ccco1. The molecule has 0 aliphatic carbocycles. The fourth-order valence-electron chi connectivity index (χ4n) is 1.73. The average molecular weight is 330 g/mol. The number of ether oxygens (including phenoxy) is 1. The maximum Gasteiger partial charge on any atom is 0.291 e. The zero-order valence-electron chi connectivity index (χ0n) is 12.5. The smallest absolute Gasteiger partial charge is 0.291 e. The molecular formula is C15H14N4O3S. The quantitative estimate of drug-likeness (QED) is 0.387. The van der Waals surface area contributed by atoms with Crippen molar-refractivity contribution in [2.45, 2.75) is 0 Å². The Morgan fingerprint density at radius 1 is 1.43 bits per heavy atom. The fraction of sp³-hybridized carbons (Fsp3) is 0.133. The first-order chi connectivity index (χ1) is 11.2. The minimum atomic E-state index is -0.375. The second-order valence-electron chi connectivity index (χ2n) is 4.17. The van der Waals surface area contributed by atoms with Crippen molar-refractivity contribution in [2.24, 2.45) is 4.99 Å². The summed E-state index contributed by atoms with van der Waals surface area (Å²) >= 11 is 1.31. The molecule has 0 unspecified atom stereocenters. The number of hydrogen-bond acceptors (Lipinski definition) is 6. The number of carbonyl (C=O) groups is 1. The lowest BCUT2D eigenvalue weighted by atomic mass is 10.2. The summed E-state index contributed by atoms with van der Waals surface area (Å²) in [5, 5.41) is 14.3. The predicted molar refractivity (Wildman–Crippen MR) is 89.0 cm³/mol. The highest BCUT2D eigenvalue weighted by Gasteiger charge is 2.12. The van der Waals surface area contributed by atoms with Gasteiger partial charge in [-0.05, 0) is 30.5 Å². The average Bonchev–Trinajstić information content (AvgIpc) is 3.10. The molecule has 0 aliphatic heterocycles. The molecule has 0 aliphatic rings. The third kappa shape index (κ3) is 4.28. The summed E-state index contributed by atoms with van der Waals surface area (Å²) in [7, 11) is 1.49. The largest absolute Gasteiger partial charge is 0.494 e. The van der Waals surface area contributed by atoms with Crippen LogP contribution in [0.3, 0.4) is 0 Å². The summed E-state index contributed by atoms with van der Waals surface area (Å²) in [5.74, 6) is 0.279. The van der Waals surface area contributed by atoms with Crippen LogP contribution in [0.15, 0.2) is 46.0 Å². The second-order valence-corrected chi connectivity index (χ2v) is 4.97. The maximum atomic E-state index is 12.0. The van der Waals surface area contributed by atoms with Crippen LogP contribution in [0.25, 0.3) is 0 Å². The number of nitrogens with zero attached hydrogens (tertiary/aromatic N) is 2. The Balaban J connectivity index is 2.23. The van der Waals surface area contributed by atoms with Gasteiger partial charge in [0.2, 0.25) is 0 Å². The number of amidine groups is 1. The molecule has 0 atom stereocenters. The molecule has 1 heterocycles. The van der Waals surface area contributed by atoms with Crippen LogP contribution in [0.1, 0.15) is 10.6 Å². The van der Waals surface area contributed by atoms with Crippen molar-refractivity contribution in [3.05, 3.63) is 42.4 Å². The Morgan fingerprint density at radius 2 is 2.26 bits per heavy atom. The molecule has 23 heavy (non-hydrogen) atoms. The molecule has 2 N–H and O–H groups in total. The van der Waals surface area contributed by atoms with Gasteiger partial charge >= 0.3 is 0 Å². The number of anilines is 1. The van der Waals surface area contributed by atoms with Crippen molar-refractivity contribution in [2.75, 3.05) is 18.7 Å². The molecule has 0 saturated heterocycles. The van der Waals surface area contributed by atoms with E-state index in [2.05, 4.69) is 15.6 Å². The lowest BCUT2D eigenvalue weighted by Gasteiger charge is -2.10. The second kappa shape index (κ2) is 7.91. The highest BCUT2D eigenvalue weighted by Crippen LogP contribution is 2.30. The fourth-order valence-corrected chi connectivity index (χ4v) is 2.08. The van der Waals surface area contributed by atoms with E-state index >= 15 is 0 Å². The van der Waals surface area contributed by atoms with Gasteiger partial charge in [-0.1, -0.05) is 11.8 Å². The first-order valence-corrected chi connectivity index (χ1v) is 7.71. The van der Waals surface area contributed by atoms with Gasteiger partial charge in [-0.3, -0.25) is 10.1 Å². The minimum Gasteiger partial charge on any atom is -0.494 e. The molecule has 7 nitrogen and oxygen atoms in total. The zero-order valence-corrected chi connectivity index (χ0v) is 13.3. The van der Waals surface area contributed by atoms with Crippen LogP contribution in [0.4, 0.5) is 11.4 Å². The summed E-state index contributed by atoms with van der Waals surface area (Å²) in [4.78, 5) is 16.3.